The highest BCUT2D eigenvalue weighted by molar-refractivity contribution is 6.30. The normalized spacial score (nSPS) is 28.9. The van der Waals surface area contributed by atoms with Crippen LogP contribution in [0.4, 0.5) is 0 Å². The molecule has 1 N–H and O–H groups in total. The molecule has 1 aromatic rings. The molecule has 0 radical (unpaired) electrons. The molecule has 1 nitrogen and oxygen atoms in total. The molecule has 18 heavy (non-hydrogen) atoms. The van der Waals surface area contributed by atoms with Gasteiger partial charge in [-0.2, -0.15) is 0 Å². The molecule has 1 aliphatic carbocycles. The smallest absolute Gasteiger partial charge is 0.0688 e. The molecule has 1 aliphatic rings. The Hall–Kier alpha value is -0.530. The minimum atomic E-state index is -0.519. The van der Waals surface area contributed by atoms with Crippen LogP contribution in [0.25, 0.3) is 0 Å². The minimum absolute atomic E-state index is 0.519. The van der Waals surface area contributed by atoms with E-state index in [0.717, 1.165) is 48.6 Å². The second kappa shape index (κ2) is 6.08. The van der Waals surface area contributed by atoms with Crippen molar-refractivity contribution in [1.82, 2.24) is 0 Å². The van der Waals surface area contributed by atoms with Crippen LogP contribution in [0, 0.1) is 5.92 Å². The van der Waals surface area contributed by atoms with E-state index in [0.29, 0.717) is 0 Å². The van der Waals surface area contributed by atoms with Gasteiger partial charge in [-0.05, 0) is 42.9 Å². The van der Waals surface area contributed by atoms with Crippen LogP contribution >= 0.6 is 11.6 Å². The highest BCUT2D eigenvalue weighted by atomic mass is 35.5. The summed E-state index contributed by atoms with van der Waals surface area (Å²) in [6.45, 7) is 2.26. The number of hydrogen-bond acceptors (Lipinski definition) is 1. The van der Waals surface area contributed by atoms with E-state index in [2.05, 4.69) is 13.0 Å². The van der Waals surface area contributed by atoms with Gasteiger partial charge in [-0.25, -0.2) is 0 Å². The third kappa shape index (κ3) is 3.73. The lowest BCUT2D eigenvalue weighted by Gasteiger charge is -2.27. The van der Waals surface area contributed by atoms with Crippen molar-refractivity contribution >= 4 is 11.6 Å². The van der Waals surface area contributed by atoms with E-state index < -0.39 is 5.60 Å². The van der Waals surface area contributed by atoms with Crippen molar-refractivity contribution in [3.05, 3.63) is 34.9 Å². The van der Waals surface area contributed by atoms with Gasteiger partial charge >= 0.3 is 0 Å². The summed E-state index contributed by atoms with van der Waals surface area (Å²) in [6.07, 6.45) is 7.42. The van der Waals surface area contributed by atoms with E-state index in [1.165, 1.54) is 12.8 Å². The van der Waals surface area contributed by atoms with E-state index in [9.17, 15) is 5.11 Å². The molecule has 1 fully saturated rings. The third-order valence-electron chi connectivity index (χ3n) is 4.27. The maximum atomic E-state index is 10.8. The highest BCUT2D eigenvalue weighted by Gasteiger charge is 2.30. The first-order chi connectivity index (χ1) is 8.61. The molecule has 2 rings (SSSR count). The average Bonchev–Trinajstić information content (AvgIpc) is 2.51. The summed E-state index contributed by atoms with van der Waals surface area (Å²) in [6, 6.07) is 7.88. The predicted molar refractivity (Wildman–Crippen MR) is 77.0 cm³/mol. The molecule has 1 aromatic carbocycles. The van der Waals surface area contributed by atoms with Crippen LogP contribution in [-0.4, -0.2) is 10.7 Å². The molecule has 0 saturated heterocycles. The van der Waals surface area contributed by atoms with Gasteiger partial charge in [-0.1, -0.05) is 49.9 Å². The maximum absolute atomic E-state index is 10.8. The van der Waals surface area contributed by atoms with E-state index in [1.807, 2.05) is 18.2 Å². The Kier molecular flexibility index (Phi) is 4.69. The fourth-order valence-corrected chi connectivity index (χ4v) is 3.29. The van der Waals surface area contributed by atoms with Crippen LogP contribution in [0.5, 0.6) is 0 Å². The summed E-state index contributed by atoms with van der Waals surface area (Å²) >= 11 is 6.00. The average molecular weight is 267 g/mol. The van der Waals surface area contributed by atoms with Crippen molar-refractivity contribution < 1.29 is 5.11 Å². The largest absolute Gasteiger partial charge is 0.390 e. The van der Waals surface area contributed by atoms with Gasteiger partial charge in [0.05, 0.1) is 5.60 Å². The van der Waals surface area contributed by atoms with E-state index in [1.54, 1.807) is 0 Å². The number of aliphatic hydroxyl groups is 1. The lowest BCUT2D eigenvalue weighted by Crippen LogP contribution is -2.30. The van der Waals surface area contributed by atoms with Crippen molar-refractivity contribution in [3.8, 4) is 0 Å². The fraction of sp³-hybridized carbons (Fsp3) is 0.625. The minimum Gasteiger partial charge on any atom is -0.390 e. The lowest BCUT2D eigenvalue weighted by molar-refractivity contribution is 0.0242. The van der Waals surface area contributed by atoms with Crippen molar-refractivity contribution in [1.29, 1.82) is 0 Å². The van der Waals surface area contributed by atoms with E-state index in [4.69, 9.17) is 11.6 Å². The Morgan fingerprint density at radius 1 is 1.33 bits per heavy atom. The van der Waals surface area contributed by atoms with Crippen molar-refractivity contribution in [3.63, 3.8) is 0 Å². The molecule has 0 amide bonds. The zero-order valence-corrected chi connectivity index (χ0v) is 11.9. The number of benzene rings is 1. The summed E-state index contributed by atoms with van der Waals surface area (Å²) in [5.74, 6) is 0.804. The molecule has 2 unspecified atom stereocenters. The molecular weight excluding hydrogens is 244 g/mol. The topological polar surface area (TPSA) is 20.2 Å². The van der Waals surface area contributed by atoms with Crippen LogP contribution in [0.3, 0.4) is 0 Å². The molecule has 0 aromatic heterocycles. The standard InChI is InChI=1S/C16H23ClO/c1-2-13-6-4-9-16(18,10-8-13)12-14-5-3-7-15(17)11-14/h3,5,7,11,13,18H,2,4,6,8-10,12H2,1H3. The first-order valence-electron chi connectivity index (χ1n) is 7.08. The second-order valence-corrected chi connectivity index (χ2v) is 6.17. The first kappa shape index (κ1) is 13.9. The van der Waals surface area contributed by atoms with E-state index >= 15 is 0 Å². The summed E-state index contributed by atoms with van der Waals surface area (Å²) in [5, 5.41) is 11.5. The number of rotatable bonds is 3. The Bertz CT molecular complexity index is 390. The van der Waals surface area contributed by atoms with Gasteiger partial charge in [0.15, 0.2) is 0 Å². The van der Waals surface area contributed by atoms with E-state index in [-0.39, 0.29) is 0 Å². The fourth-order valence-electron chi connectivity index (χ4n) is 3.07. The summed E-state index contributed by atoms with van der Waals surface area (Å²) in [7, 11) is 0. The van der Waals surface area contributed by atoms with Crippen molar-refractivity contribution in [2.45, 2.75) is 57.5 Å². The van der Waals surface area contributed by atoms with Gasteiger partial charge < -0.3 is 5.11 Å². The monoisotopic (exact) mass is 266 g/mol. The van der Waals surface area contributed by atoms with Crippen molar-refractivity contribution in [2.75, 3.05) is 0 Å². The Labute approximate surface area is 115 Å². The maximum Gasteiger partial charge on any atom is 0.0688 e. The summed E-state index contributed by atoms with van der Waals surface area (Å²) < 4.78 is 0. The van der Waals surface area contributed by atoms with Gasteiger partial charge in [0.2, 0.25) is 0 Å². The lowest BCUT2D eigenvalue weighted by atomic mass is 9.87. The highest BCUT2D eigenvalue weighted by Crippen LogP contribution is 2.34. The predicted octanol–water partition coefficient (Wildman–Crippen LogP) is 4.60. The molecule has 0 bridgehead atoms. The summed E-state index contributed by atoms with van der Waals surface area (Å²) in [4.78, 5) is 0. The Morgan fingerprint density at radius 2 is 2.17 bits per heavy atom. The molecule has 100 valence electrons. The Morgan fingerprint density at radius 3 is 2.89 bits per heavy atom. The molecular formula is C16H23ClO. The molecule has 1 saturated carbocycles. The van der Waals surface area contributed by atoms with Crippen LogP contribution in [-0.2, 0) is 6.42 Å². The second-order valence-electron chi connectivity index (χ2n) is 5.74. The van der Waals surface area contributed by atoms with Crippen molar-refractivity contribution in [2.24, 2.45) is 5.92 Å². The van der Waals surface area contributed by atoms with Gasteiger partial charge in [0.1, 0.15) is 0 Å². The number of halogens is 1. The molecule has 2 heteroatoms. The van der Waals surface area contributed by atoms with Gasteiger partial charge in [-0.3, -0.25) is 0 Å². The van der Waals surface area contributed by atoms with Crippen LogP contribution in [0.2, 0.25) is 5.02 Å². The zero-order valence-electron chi connectivity index (χ0n) is 11.2. The number of hydrogen-bond donors (Lipinski definition) is 1. The SMILES string of the molecule is CCC1CCCC(O)(Cc2cccc(Cl)c2)CC1. The van der Waals surface area contributed by atoms with Crippen LogP contribution < -0.4 is 0 Å². The molecule has 0 heterocycles. The first-order valence-corrected chi connectivity index (χ1v) is 7.46. The zero-order chi connectivity index (χ0) is 13.0. The quantitative estimate of drug-likeness (QED) is 0.793. The summed E-state index contributed by atoms with van der Waals surface area (Å²) in [5.41, 5.74) is 0.633. The Balaban J connectivity index is 2.02. The van der Waals surface area contributed by atoms with Crippen LogP contribution in [0.15, 0.2) is 24.3 Å². The third-order valence-corrected chi connectivity index (χ3v) is 4.51. The molecule has 0 aliphatic heterocycles. The van der Waals surface area contributed by atoms with Crippen LogP contribution in [0.1, 0.15) is 51.0 Å². The van der Waals surface area contributed by atoms with Gasteiger partial charge in [0.25, 0.3) is 0 Å². The van der Waals surface area contributed by atoms with Gasteiger partial charge in [-0.15, -0.1) is 0 Å². The van der Waals surface area contributed by atoms with Gasteiger partial charge in [0, 0.05) is 11.4 Å². The molecule has 2 atom stereocenters. The molecule has 0 spiro atoms.